The van der Waals surface area contributed by atoms with Crippen LogP contribution >= 0.6 is 15.9 Å². The number of anilines is 1. The van der Waals surface area contributed by atoms with E-state index in [1.54, 1.807) is 25.1 Å². The highest BCUT2D eigenvalue weighted by molar-refractivity contribution is 9.10. The molecule has 0 aliphatic rings. The number of amides is 1. The number of carbonyl (C=O) groups excluding carboxylic acids is 1. The van der Waals surface area contributed by atoms with Gasteiger partial charge in [0.15, 0.2) is 17.5 Å². The lowest BCUT2D eigenvalue weighted by Crippen LogP contribution is -2.14. The van der Waals surface area contributed by atoms with Crippen LogP contribution in [0, 0.1) is 24.4 Å². The summed E-state index contributed by atoms with van der Waals surface area (Å²) in [5.41, 5.74) is 0.697. The molecule has 2 rings (SSSR count). The molecule has 0 fully saturated rings. The van der Waals surface area contributed by atoms with E-state index in [9.17, 15) is 18.0 Å². The second-order valence-electron chi connectivity index (χ2n) is 4.19. The number of halogens is 4. The van der Waals surface area contributed by atoms with Gasteiger partial charge < -0.3 is 5.32 Å². The van der Waals surface area contributed by atoms with Gasteiger partial charge in [0.1, 0.15) is 0 Å². The van der Waals surface area contributed by atoms with Crippen LogP contribution in [0.25, 0.3) is 0 Å². The van der Waals surface area contributed by atoms with Gasteiger partial charge in [0.25, 0.3) is 5.91 Å². The van der Waals surface area contributed by atoms with Crippen molar-refractivity contribution in [3.63, 3.8) is 0 Å². The maximum Gasteiger partial charge on any atom is 0.255 e. The molecule has 2 aromatic rings. The second kappa shape index (κ2) is 5.66. The molecule has 0 saturated heterocycles. The van der Waals surface area contributed by atoms with E-state index in [0.29, 0.717) is 4.47 Å². The van der Waals surface area contributed by atoms with Gasteiger partial charge in [-0.2, -0.15) is 0 Å². The fourth-order valence-corrected chi connectivity index (χ4v) is 2.29. The second-order valence-corrected chi connectivity index (χ2v) is 5.11. The molecule has 0 radical (unpaired) electrons. The minimum absolute atomic E-state index is 0.279. The number of aryl methyl sites for hydroxylation is 1. The Labute approximate surface area is 121 Å². The van der Waals surface area contributed by atoms with Gasteiger partial charge in [-0.25, -0.2) is 13.2 Å². The minimum Gasteiger partial charge on any atom is -0.319 e. The summed E-state index contributed by atoms with van der Waals surface area (Å²) in [5, 5.41) is 2.21. The summed E-state index contributed by atoms with van der Waals surface area (Å²) in [6.07, 6.45) is 0. The monoisotopic (exact) mass is 343 g/mol. The van der Waals surface area contributed by atoms with Gasteiger partial charge in [0.05, 0.1) is 5.69 Å². The van der Waals surface area contributed by atoms with Crippen molar-refractivity contribution in [3.8, 4) is 0 Å². The molecule has 6 heteroatoms. The first-order valence-corrected chi connectivity index (χ1v) is 6.40. The summed E-state index contributed by atoms with van der Waals surface area (Å²) in [6, 6.07) is 6.66. The summed E-state index contributed by atoms with van der Waals surface area (Å²) < 4.78 is 40.0. The maximum absolute atomic E-state index is 13.5. The third kappa shape index (κ3) is 3.01. The van der Waals surface area contributed by atoms with Crippen LogP contribution in [0.3, 0.4) is 0 Å². The SMILES string of the molecule is Cc1cc(Br)cc(C(=O)Nc2ccc(F)c(F)c2F)c1. The lowest BCUT2D eigenvalue weighted by Gasteiger charge is -2.08. The predicted octanol–water partition coefficient (Wildman–Crippen LogP) is 4.43. The van der Waals surface area contributed by atoms with Crippen LogP contribution < -0.4 is 5.32 Å². The summed E-state index contributed by atoms with van der Waals surface area (Å²) >= 11 is 3.24. The summed E-state index contributed by atoms with van der Waals surface area (Å²) in [4.78, 5) is 12.0. The van der Waals surface area contributed by atoms with Gasteiger partial charge in [0.2, 0.25) is 0 Å². The molecule has 1 amide bonds. The number of hydrogen-bond donors (Lipinski definition) is 1. The Kier molecular flexibility index (Phi) is 4.13. The van der Waals surface area contributed by atoms with Crippen LogP contribution in [0.1, 0.15) is 15.9 Å². The van der Waals surface area contributed by atoms with Crippen molar-refractivity contribution in [1.29, 1.82) is 0 Å². The molecule has 0 aliphatic carbocycles. The molecule has 0 unspecified atom stereocenters. The zero-order chi connectivity index (χ0) is 14.9. The molecule has 0 saturated carbocycles. The van der Waals surface area contributed by atoms with Crippen LogP contribution in [0.2, 0.25) is 0 Å². The van der Waals surface area contributed by atoms with Crippen LogP contribution in [0.4, 0.5) is 18.9 Å². The quantitative estimate of drug-likeness (QED) is 0.803. The largest absolute Gasteiger partial charge is 0.319 e. The van der Waals surface area contributed by atoms with Crippen LogP contribution in [-0.4, -0.2) is 5.91 Å². The fraction of sp³-hybridized carbons (Fsp3) is 0.0714. The zero-order valence-electron chi connectivity index (χ0n) is 10.3. The van der Waals surface area contributed by atoms with Gasteiger partial charge in [-0.3, -0.25) is 4.79 Å². The molecular weight excluding hydrogens is 335 g/mol. The highest BCUT2D eigenvalue weighted by Gasteiger charge is 2.16. The number of rotatable bonds is 2. The lowest BCUT2D eigenvalue weighted by atomic mass is 10.1. The van der Waals surface area contributed by atoms with E-state index in [0.717, 1.165) is 17.7 Å². The van der Waals surface area contributed by atoms with E-state index in [4.69, 9.17) is 0 Å². The van der Waals surface area contributed by atoms with E-state index in [1.807, 2.05) is 0 Å². The Balaban J connectivity index is 2.30. The summed E-state index contributed by atoms with van der Waals surface area (Å²) in [6.45, 7) is 1.79. The normalized spacial score (nSPS) is 10.4. The molecule has 0 bridgehead atoms. The van der Waals surface area contributed by atoms with Crippen molar-refractivity contribution in [2.45, 2.75) is 6.92 Å². The first-order chi connectivity index (χ1) is 9.38. The average Bonchev–Trinajstić information content (AvgIpc) is 2.38. The standard InChI is InChI=1S/C14H9BrF3NO/c1-7-4-8(6-9(15)5-7)14(20)19-11-3-2-10(16)12(17)13(11)18/h2-6H,1H3,(H,19,20). The van der Waals surface area contributed by atoms with Crippen LogP contribution in [0.15, 0.2) is 34.8 Å². The zero-order valence-corrected chi connectivity index (χ0v) is 11.9. The molecule has 0 atom stereocenters. The topological polar surface area (TPSA) is 29.1 Å². The van der Waals surface area contributed by atoms with Gasteiger partial charge in [0, 0.05) is 10.0 Å². The molecule has 104 valence electrons. The van der Waals surface area contributed by atoms with Gasteiger partial charge in [-0.15, -0.1) is 0 Å². The first-order valence-electron chi connectivity index (χ1n) is 5.60. The van der Waals surface area contributed by atoms with Crippen molar-refractivity contribution in [1.82, 2.24) is 0 Å². The predicted molar refractivity (Wildman–Crippen MR) is 73.1 cm³/mol. The third-order valence-electron chi connectivity index (χ3n) is 2.59. The first kappa shape index (κ1) is 14.6. The van der Waals surface area contributed by atoms with Crippen LogP contribution in [-0.2, 0) is 0 Å². The molecule has 1 N–H and O–H groups in total. The molecule has 0 heterocycles. The molecule has 0 aliphatic heterocycles. The van der Waals surface area contributed by atoms with Gasteiger partial charge >= 0.3 is 0 Å². The van der Waals surface area contributed by atoms with E-state index < -0.39 is 29.0 Å². The Morgan fingerprint density at radius 1 is 1.10 bits per heavy atom. The van der Waals surface area contributed by atoms with Crippen molar-refractivity contribution >= 4 is 27.5 Å². The summed E-state index contributed by atoms with van der Waals surface area (Å²) in [5.74, 6) is -4.96. The van der Waals surface area contributed by atoms with E-state index >= 15 is 0 Å². The number of benzene rings is 2. The number of hydrogen-bond acceptors (Lipinski definition) is 1. The molecule has 20 heavy (non-hydrogen) atoms. The highest BCUT2D eigenvalue weighted by Crippen LogP contribution is 2.21. The van der Waals surface area contributed by atoms with Gasteiger partial charge in [-0.1, -0.05) is 15.9 Å². The average molecular weight is 344 g/mol. The number of carbonyl (C=O) groups is 1. The molecule has 0 aromatic heterocycles. The Bertz CT molecular complexity index is 668. The number of nitrogens with one attached hydrogen (secondary N) is 1. The fourth-order valence-electron chi connectivity index (χ4n) is 1.68. The van der Waals surface area contributed by atoms with Crippen molar-refractivity contribution in [3.05, 3.63) is 63.4 Å². The van der Waals surface area contributed by atoms with E-state index in [-0.39, 0.29) is 5.56 Å². The van der Waals surface area contributed by atoms with Crippen LogP contribution in [0.5, 0.6) is 0 Å². The van der Waals surface area contributed by atoms with E-state index in [1.165, 1.54) is 0 Å². The molecule has 2 nitrogen and oxygen atoms in total. The molecule has 2 aromatic carbocycles. The van der Waals surface area contributed by atoms with Crippen molar-refractivity contribution in [2.24, 2.45) is 0 Å². The molecular formula is C14H9BrF3NO. The smallest absolute Gasteiger partial charge is 0.255 e. The minimum atomic E-state index is -1.62. The lowest BCUT2D eigenvalue weighted by molar-refractivity contribution is 0.102. The highest BCUT2D eigenvalue weighted by atomic mass is 79.9. The Morgan fingerprint density at radius 2 is 1.80 bits per heavy atom. The van der Waals surface area contributed by atoms with Crippen molar-refractivity contribution in [2.75, 3.05) is 5.32 Å². The van der Waals surface area contributed by atoms with E-state index in [2.05, 4.69) is 21.2 Å². The third-order valence-corrected chi connectivity index (χ3v) is 3.05. The maximum atomic E-state index is 13.5. The Hall–Kier alpha value is -1.82. The summed E-state index contributed by atoms with van der Waals surface area (Å²) in [7, 11) is 0. The van der Waals surface area contributed by atoms with Crippen molar-refractivity contribution < 1.29 is 18.0 Å². The molecule has 0 spiro atoms. The Morgan fingerprint density at radius 3 is 2.45 bits per heavy atom. The van der Waals surface area contributed by atoms with Gasteiger partial charge in [-0.05, 0) is 42.8 Å².